The van der Waals surface area contributed by atoms with Crippen molar-refractivity contribution in [3.63, 3.8) is 0 Å². The van der Waals surface area contributed by atoms with Gasteiger partial charge in [0.15, 0.2) is 5.78 Å². The zero-order chi connectivity index (χ0) is 11.0. The molecule has 1 aromatic carbocycles. The van der Waals surface area contributed by atoms with Gasteiger partial charge in [-0.3, -0.25) is 4.79 Å². The minimum absolute atomic E-state index is 0.0891. The number of ketones is 1. The van der Waals surface area contributed by atoms with E-state index in [4.69, 9.17) is 4.74 Å². The molecule has 0 spiro atoms. The van der Waals surface area contributed by atoms with Gasteiger partial charge in [-0.25, -0.2) is 8.78 Å². The smallest absolute Gasteiger partial charge is 0.166 e. The molecule has 0 N–H and O–H groups in total. The summed E-state index contributed by atoms with van der Waals surface area (Å²) in [5.74, 6) is -1.83. The largest absolute Gasteiger partial charge is 0.492 e. The van der Waals surface area contributed by atoms with Crippen molar-refractivity contribution in [1.29, 1.82) is 0 Å². The SMILES string of the molecule is CC(=O)c1c(F)cc(F)c2c1OCCC2. The number of Topliss-reactive ketones (excluding diaryl/α,β-unsaturated/α-hetero) is 1. The van der Waals surface area contributed by atoms with Crippen LogP contribution in [-0.2, 0) is 6.42 Å². The van der Waals surface area contributed by atoms with Gasteiger partial charge in [0.25, 0.3) is 0 Å². The van der Waals surface area contributed by atoms with Crippen LogP contribution in [-0.4, -0.2) is 12.4 Å². The molecule has 1 heterocycles. The van der Waals surface area contributed by atoms with Gasteiger partial charge in [-0.15, -0.1) is 0 Å². The Bertz CT molecular complexity index is 427. The van der Waals surface area contributed by atoms with Gasteiger partial charge in [-0.2, -0.15) is 0 Å². The molecule has 15 heavy (non-hydrogen) atoms. The summed E-state index contributed by atoms with van der Waals surface area (Å²) in [7, 11) is 0. The molecule has 1 aromatic rings. The zero-order valence-corrected chi connectivity index (χ0v) is 8.27. The molecule has 0 aromatic heterocycles. The highest BCUT2D eigenvalue weighted by Crippen LogP contribution is 2.33. The highest BCUT2D eigenvalue weighted by molar-refractivity contribution is 5.97. The molecule has 80 valence electrons. The Morgan fingerprint density at radius 1 is 1.40 bits per heavy atom. The maximum absolute atomic E-state index is 13.3. The van der Waals surface area contributed by atoms with Crippen molar-refractivity contribution in [1.82, 2.24) is 0 Å². The number of carbonyl (C=O) groups is 1. The summed E-state index contributed by atoms with van der Waals surface area (Å²) < 4.78 is 31.9. The molecule has 0 saturated carbocycles. The topological polar surface area (TPSA) is 26.3 Å². The molecule has 1 aliphatic rings. The van der Waals surface area contributed by atoms with Crippen molar-refractivity contribution >= 4 is 5.78 Å². The second-order valence-corrected chi connectivity index (χ2v) is 3.53. The van der Waals surface area contributed by atoms with Gasteiger partial charge in [-0.1, -0.05) is 0 Å². The Hall–Kier alpha value is -1.45. The number of hydrogen-bond donors (Lipinski definition) is 0. The Balaban J connectivity index is 2.68. The van der Waals surface area contributed by atoms with E-state index in [1.807, 2.05) is 0 Å². The zero-order valence-electron chi connectivity index (χ0n) is 8.27. The molecule has 0 saturated heterocycles. The summed E-state index contributed by atoms with van der Waals surface area (Å²) in [5, 5.41) is 0. The van der Waals surface area contributed by atoms with Crippen molar-refractivity contribution in [2.45, 2.75) is 19.8 Å². The van der Waals surface area contributed by atoms with Gasteiger partial charge >= 0.3 is 0 Å². The first kappa shape index (κ1) is 10.1. The average molecular weight is 212 g/mol. The van der Waals surface area contributed by atoms with Crippen LogP contribution in [0.3, 0.4) is 0 Å². The molecular formula is C11H10F2O2. The first-order valence-electron chi connectivity index (χ1n) is 4.76. The summed E-state index contributed by atoms with van der Waals surface area (Å²) in [6.45, 7) is 1.64. The van der Waals surface area contributed by atoms with Gasteiger partial charge in [-0.05, 0) is 19.8 Å². The van der Waals surface area contributed by atoms with Crippen LogP contribution in [0.2, 0.25) is 0 Å². The molecule has 0 bridgehead atoms. The first-order chi connectivity index (χ1) is 7.11. The van der Waals surface area contributed by atoms with Crippen LogP contribution in [0.25, 0.3) is 0 Å². The van der Waals surface area contributed by atoms with E-state index >= 15 is 0 Å². The van der Waals surface area contributed by atoms with E-state index in [2.05, 4.69) is 0 Å². The number of rotatable bonds is 1. The van der Waals surface area contributed by atoms with E-state index in [1.165, 1.54) is 6.92 Å². The van der Waals surface area contributed by atoms with Gasteiger partial charge in [0.05, 0.1) is 12.2 Å². The van der Waals surface area contributed by atoms with Crippen LogP contribution in [0.1, 0.15) is 29.3 Å². The van der Waals surface area contributed by atoms with Crippen LogP contribution >= 0.6 is 0 Å². The van der Waals surface area contributed by atoms with E-state index in [0.29, 0.717) is 25.0 Å². The molecule has 0 aliphatic carbocycles. The Kier molecular flexibility index (Phi) is 2.42. The Morgan fingerprint density at radius 2 is 2.13 bits per heavy atom. The quantitative estimate of drug-likeness (QED) is 0.668. The maximum atomic E-state index is 13.3. The second kappa shape index (κ2) is 3.61. The summed E-state index contributed by atoms with van der Waals surface area (Å²) in [4.78, 5) is 11.2. The van der Waals surface area contributed by atoms with Crippen LogP contribution in [0.15, 0.2) is 6.07 Å². The van der Waals surface area contributed by atoms with E-state index in [-0.39, 0.29) is 11.3 Å². The molecule has 1 aliphatic heterocycles. The number of fused-ring (bicyclic) bond motifs is 1. The lowest BCUT2D eigenvalue weighted by Gasteiger charge is -2.20. The summed E-state index contributed by atoms with van der Waals surface area (Å²) in [5.41, 5.74) is 0.180. The fourth-order valence-electron chi connectivity index (χ4n) is 1.78. The van der Waals surface area contributed by atoms with E-state index < -0.39 is 17.4 Å². The molecule has 0 radical (unpaired) electrons. The highest BCUT2D eigenvalue weighted by Gasteiger charge is 2.24. The highest BCUT2D eigenvalue weighted by atomic mass is 19.1. The van der Waals surface area contributed by atoms with Gasteiger partial charge < -0.3 is 4.74 Å². The van der Waals surface area contributed by atoms with Crippen LogP contribution in [0.5, 0.6) is 5.75 Å². The van der Waals surface area contributed by atoms with E-state index in [9.17, 15) is 13.6 Å². The Labute approximate surface area is 85.9 Å². The second-order valence-electron chi connectivity index (χ2n) is 3.53. The predicted octanol–water partition coefficient (Wildman–Crippen LogP) is 2.49. The normalized spacial score (nSPS) is 14.3. The van der Waals surface area contributed by atoms with Crippen molar-refractivity contribution in [2.24, 2.45) is 0 Å². The molecular weight excluding hydrogens is 202 g/mol. The van der Waals surface area contributed by atoms with Crippen molar-refractivity contribution < 1.29 is 18.3 Å². The van der Waals surface area contributed by atoms with Crippen LogP contribution < -0.4 is 4.74 Å². The lowest BCUT2D eigenvalue weighted by molar-refractivity contribution is 0.100. The third-order valence-electron chi connectivity index (χ3n) is 2.45. The third-order valence-corrected chi connectivity index (χ3v) is 2.45. The van der Waals surface area contributed by atoms with Crippen molar-refractivity contribution in [3.8, 4) is 5.75 Å². The Morgan fingerprint density at radius 3 is 2.80 bits per heavy atom. The molecule has 0 unspecified atom stereocenters. The third kappa shape index (κ3) is 1.60. The summed E-state index contributed by atoms with van der Waals surface area (Å²) >= 11 is 0. The minimum atomic E-state index is -0.847. The fraction of sp³-hybridized carbons (Fsp3) is 0.364. The van der Waals surface area contributed by atoms with Crippen molar-refractivity contribution in [2.75, 3.05) is 6.61 Å². The number of benzene rings is 1. The van der Waals surface area contributed by atoms with Crippen molar-refractivity contribution in [3.05, 3.63) is 28.8 Å². The van der Waals surface area contributed by atoms with Gasteiger partial charge in [0.1, 0.15) is 17.4 Å². The monoisotopic (exact) mass is 212 g/mol. The van der Waals surface area contributed by atoms with Gasteiger partial charge in [0.2, 0.25) is 0 Å². The number of hydrogen-bond acceptors (Lipinski definition) is 2. The first-order valence-corrected chi connectivity index (χ1v) is 4.76. The summed E-state index contributed by atoms with van der Waals surface area (Å²) in [6, 6.07) is 0.754. The lowest BCUT2D eigenvalue weighted by atomic mass is 9.99. The van der Waals surface area contributed by atoms with Gasteiger partial charge in [0, 0.05) is 11.6 Å². The molecule has 0 atom stereocenters. The van der Waals surface area contributed by atoms with E-state index in [0.717, 1.165) is 6.07 Å². The minimum Gasteiger partial charge on any atom is -0.492 e. The number of halogens is 2. The summed E-state index contributed by atoms with van der Waals surface area (Å²) in [6.07, 6.45) is 1.18. The number of ether oxygens (including phenoxy) is 1. The number of carbonyl (C=O) groups excluding carboxylic acids is 1. The standard InChI is InChI=1S/C11H10F2O2/c1-6(14)10-9(13)5-8(12)7-3-2-4-15-11(7)10/h5H,2-4H2,1H3. The molecule has 4 heteroatoms. The van der Waals surface area contributed by atoms with Crippen LogP contribution in [0.4, 0.5) is 8.78 Å². The predicted molar refractivity (Wildman–Crippen MR) is 50.2 cm³/mol. The maximum Gasteiger partial charge on any atom is 0.166 e. The van der Waals surface area contributed by atoms with Crippen LogP contribution in [0, 0.1) is 11.6 Å². The molecule has 0 amide bonds. The molecule has 2 rings (SSSR count). The fourth-order valence-corrected chi connectivity index (χ4v) is 1.78. The molecule has 0 fully saturated rings. The van der Waals surface area contributed by atoms with E-state index in [1.54, 1.807) is 0 Å². The average Bonchev–Trinajstić information content (AvgIpc) is 2.17. The lowest BCUT2D eigenvalue weighted by Crippen LogP contribution is -2.15. The molecule has 2 nitrogen and oxygen atoms in total.